The number of aromatic nitrogens is 1. The zero-order chi connectivity index (χ0) is 21.8. The van der Waals surface area contributed by atoms with Crippen LogP contribution >= 0.6 is 0 Å². The van der Waals surface area contributed by atoms with Gasteiger partial charge in [-0.05, 0) is 30.3 Å². The minimum atomic E-state index is -0.531. The van der Waals surface area contributed by atoms with Crippen molar-refractivity contribution in [3.05, 3.63) is 89.5 Å². The maximum Gasteiger partial charge on any atom is 0.373 e. The molecule has 0 aliphatic rings. The second-order valence-corrected chi connectivity index (χ2v) is 6.70. The number of esters is 1. The number of nitrogens with one attached hydrogen (secondary N) is 1. The minimum absolute atomic E-state index is 0.114. The summed E-state index contributed by atoms with van der Waals surface area (Å²) in [5, 5.41) is 14.7. The van der Waals surface area contributed by atoms with E-state index in [4.69, 9.17) is 4.42 Å². The summed E-state index contributed by atoms with van der Waals surface area (Å²) in [6, 6.07) is 17.3. The number of furan rings is 1. The van der Waals surface area contributed by atoms with Crippen molar-refractivity contribution >= 4 is 29.0 Å². The van der Waals surface area contributed by atoms with Gasteiger partial charge in [-0.1, -0.05) is 30.3 Å². The quantitative estimate of drug-likeness (QED) is 0.284. The fraction of sp³-hybridized carbons (Fsp3) is 0.0870. The third kappa shape index (κ3) is 4.18. The van der Waals surface area contributed by atoms with Crippen molar-refractivity contribution in [2.75, 3.05) is 7.11 Å². The zero-order valence-corrected chi connectivity index (χ0v) is 16.6. The largest absolute Gasteiger partial charge is 0.507 e. The number of amides is 1. The summed E-state index contributed by atoms with van der Waals surface area (Å²) < 4.78 is 12.2. The van der Waals surface area contributed by atoms with Crippen molar-refractivity contribution in [2.24, 2.45) is 5.10 Å². The van der Waals surface area contributed by atoms with E-state index in [1.807, 2.05) is 35.0 Å². The van der Waals surface area contributed by atoms with Gasteiger partial charge in [0, 0.05) is 22.7 Å². The number of para-hydroxylation sites is 2. The first-order valence-electron chi connectivity index (χ1n) is 9.43. The number of aromatic hydroxyl groups is 1. The molecule has 0 spiro atoms. The first-order valence-corrected chi connectivity index (χ1v) is 9.43. The van der Waals surface area contributed by atoms with E-state index in [1.54, 1.807) is 30.5 Å². The molecule has 0 radical (unpaired) electrons. The Morgan fingerprint density at radius 2 is 1.90 bits per heavy atom. The van der Waals surface area contributed by atoms with Crippen LogP contribution in [0.25, 0.3) is 10.9 Å². The molecule has 156 valence electrons. The molecule has 0 unspecified atom stereocenters. The molecule has 0 bridgehead atoms. The summed E-state index contributed by atoms with van der Waals surface area (Å²) >= 11 is 0. The number of methoxy groups -OCH3 is 1. The topological polar surface area (TPSA) is 106 Å². The van der Waals surface area contributed by atoms with Crippen LogP contribution in [0, 0.1) is 0 Å². The van der Waals surface area contributed by atoms with Crippen LogP contribution in [0.5, 0.6) is 5.75 Å². The molecule has 2 heterocycles. The number of phenols is 1. The lowest BCUT2D eigenvalue weighted by Crippen LogP contribution is -2.17. The van der Waals surface area contributed by atoms with Crippen LogP contribution < -0.4 is 5.43 Å². The van der Waals surface area contributed by atoms with Gasteiger partial charge in [0.25, 0.3) is 5.91 Å². The first kappa shape index (κ1) is 20.0. The Balaban J connectivity index is 1.56. The Morgan fingerprint density at radius 1 is 1.13 bits per heavy atom. The van der Waals surface area contributed by atoms with E-state index in [9.17, 15) is 14.7 Å². The van der Waals surface area contributed by atoms with E-state index in [1.165, 1.54) is 19.2 Å². The van der Waals surface area contributed by atoms with Gasteiger partial charge in [0.2, 0.25) is 5.76 Å². The average Bonchev–Trinajstić information content (AvgIpc) is 3.39. The molecule has 2 aromatic heterocycles. The van der Waals surface area contributed by atoms with Crippen molar-refractivity contribution < 1.29 is 23.8 Å². The van der Waals surface area contributed by atoms with E-state index >= 15 is 0 Å². The van der Waals surface area contributed by atoms with Gasteiger partial charge < -0.3 is 18.8 Å². The van der Waals surface area contributed by atoms with Crippen LogP contribution in [0.3, 0.4) is 0 Å². The van der Waals surface area contributed by atoms with Crippen LogP contribution in [0.4, 0.5) is 0 Å². The van der Waals surface area contributed by atoms with E-state index in [-0.39, 0.29) is 17.1 Å². The van der Waals surface area contributed by atoms with Crippen molar-refractivity contribution in [3.63, 3.8) is 0 Å². The number of hydrogen-bond donors (Lipinski definition) is 2. The smallest absolute Gasteiger partial charge is 0.373 e. The number of ether oxygens (including phenoxy) is 1. The second-order valence-electron chi connectivity index (χ2n) is 6.70. The predicted molar refractivity (Wildman–Crippen MR) is 114 cm³/mol. The van der Waals surface area contributed by atoms with E-state index in [0.29, 0.717) is 12.3 Å². The Bertz CT molecular complexity index is 1290. The van der Waals surface area contributed by atoms with Gasteiger partial charge >= 0.3 is 5.97 Å². The van der Waals surface area contributed by atoms with Crippen LogP contribution in [-0.4, -0.2) is 34.9 Å². The van der Waals surface area contributed by atoms with Crippen LogP contribution in [0.1, 0.15) is 32.2 Å². The number of hydrogen-bond acceptors (Lipinski definition) is 6. The summed E-state index contributed by atoms with van der Waals surface area (Å²) in [5.74, 6) is -0.419. The number of hydrazone groups is 1. The number of carbonyl (C=O) groups excluding carboxylic acids is 2. The van der Waals surface area contributed by atoms with Crippen LogP contribution in [0.2, 0.25) is 0 Å². The van der Waals surface area contributed by atoms with Gasteiger partial charge in [-0.15, -0.1) is 0 Å². The number of fused-ring (bicyclic) bond motifs is 1. The van der Waals surface area contributed by atoms with Crippen molar-refractivity contribution in [2.45, 2.75) is 6.54 Å². The molecule has 0 aliphatic carbocycles. The van der Waals surface area contributed by atoms with Crippen LogP contribution in [-0.2, 0) is 11.3 Å². The number of nitrogens with zero attached hydrogens (tertiary/aromatic N) is 2. The van der Waals surface area contributed by atoms with E-state index < -0.39 is 11.9 Å². The second kappa shape index (κ2) is 8.58. The van der Waals surface area contributed by atoms with Crippen molar-refractivity contribution in [1.82, 2.24) is 9.99 Å². The molecule has 4 rings (SSSR count). The third-order valence-corrected chi connectivity index (χ3v) is 4.71. The van der Waals surface area contributed by atoms with Crippen molar-refractivity contribution in [3.8, 4) is 5.75 Å². The number of benzene rings is 2. The number of rotatable bonds is 6. The molecule has 0 saturated carbocycles. The van der Waals surface area contributed by atoms with E-state index in [0.717, 1.165) is 16.5 Å². The highest BCUT2D eigenvalue weighted by molar-refractivity contribution is 6.01. The lowest BCUT2D eigenvalue weighted by Gasteiger charge is -2.02. The highest BCUT2D eigenvalue weighted by atomic mass is 16.5. The van der Waals surface area contributed by atoms with Gasteiger partial charge in [0.05, 0.1) is 25.4 Å². The molecule has 0 atom stereocenters. The number of phenolic OH excluding ortho intramolecular Hbond substituents is 1. The normalized spacial score (nSPS) is 11.1. The highest BCUT2D eigenvalue weighted by Crippen LogP contribution is 2.22. The highest BCUT2D eigenvalue weighted by Gasteiger charge is 2.13. The lowest BCUT2D eigenvalue weighted by molar-refractivity contribution is 0.0562. The summed E-state index contributed by atoms with van der Waals surface area (Å²) in [6.07, 6.45) is 3.42. The minimum Gasteiger partial charge on any atom is -0.507 e. The van der Waals surface area contributed by atoms with Crippen LogP contribution in [0.15, 0.2) is 76.4 Å². The summed E-state index contributed by atoms with van der Waals surface area (Å²) in [6.45, 7) is 0.398. The third-order valence-electron chi connectivity index (χ3n) is 4.71. The standard InChI is InChI=1S/C23H19N3O5/c1-30-23(29)21-11-10-16(31-21)14-26-13-15(17-6-2-4-8-19(17)26)12-24-25-22(28)18-7-3-5-9-20(18)27/h2-13,27H,14H2,1H3,(H,25,28)/b24-12+. The van der Waals surface area contributed by atoms with Gasteiger partial charge in [-0.2, -0.15) is 5.10 Å². The Kier molecular flexibility index (Phi) is 5.53. The van der Waals surface area contributed by atoms with Gasteiger partial charge in [0.15, 0.2) is 0 Å². The molecular formula is C23H19N3O5. The molecule has 4 aromatic rings. The first-order chi connectivity index (χ1) is 15.1. The molecular weight excluding hydrogens is 398 g/mol. The molecule has 31 heavy (non-hydrogen) atoms. The molecule has 0 fully saturated rings. The monoisotopic (exact) mass is 417 g/mol. The summed E-state index contributed by atoms with van der Waals surface area (Å²) in [5.41, 5.74) is 4.29. The fourth-order valence-electron chi connectivity index (χ4n) is 3.24. The molecule has 1 amide bonds. The van der Waals surface area contributed by atoms with Gasteiger partial charge in [-0.3, -0.25) is 4.79 Å². The molecule has 8 heteroatoms. The molecule has 2 aromatic carbocycles. The van der Waals surface area contributed by atoms with Gasteiger partial charge in [0.1, 0.15) is 11.5 Å². The van der Waals surface area contributed by atoms with Gasteiger partial charge in [-0.25, -0.2) is 10.2 Å². The zero-order valence-electron chi connectivity index (χ0n) is 16.6. The SMILES string of the molecule is COC(=O)c1ccc(Cn2cc(/C=N/NC(=O)c3ccccc3O)c3ccccc32)o1. The Hall–Kier alpha value is -4.33. The number of carbonyl (C=O) groups is 2. The molecule has 0 aliphatic heterocycles. The summed E-state index contributed by atoms with van der Waals surface area (Å²) in [4.78, 5) is 23.8. The maximum atomic E-state index is 12.2. The lowest BCUT2D eigenvalue weighted by atomic mass is 10.2. The molecule has 2 N–H and O–H groups in total. The Morgan fingerprint density at radius 3 is 2.71 bits per heavy atom. The van der Waals surface area contributed by atoms with Crippen molar-refractivity contribution in [1.29, 1.82) is 0 Å². The maximum absolute atomic E-state index is 12.2. The Labute approximate surface area is 177 Å². The van der Waals surface area contributed by atoms with E-state index in [2.05, 4.69) is 15.3 Å². The molecule has 8 nitrogen and oxygen atoms in total. The fourth-order valence-corrected chi connectivity index (χ4v) is 3.24. The average molecular weight is 417 g/mol. The predicted octanol–water partition coefficient (Wildman–Crippen LogP) is 3.54. The molecule has 0 saturated heterocycles. The summed E-state index contributed by atoms with van der Waals surface area (Å²) in [7, 11) is 1.30.